The largest absolute Gasteiger partial charge is 0.493 e. The molecule has 1 amide bonds. The predicted octanol–water partition coefficient (Wildman–Crippen LogP) is 4.50. The van der Waals surface area contributed by atoms with E-state index in [-0.39, 0.29) is 11.8 Å². The molecule has 2 aromatic carbocycles. The number of fused-ring (bicyclic) bond motifs is 2. The Morgan fingerprint density at radius 1 is 1.21 bits per heavy atom. The lowest BCUT2D eigenvalue weighted by Crippen LogP contribution is -2.26. The molecule has 0 fully saturated rings. The van der Waals surface area contributed by atoms with Crippen LogP contribution in [0, 0.1) is 0 Å². The maximum absolute atomic E-state index is 12.9. The number of rotatable bonds is 2. The van der Waals surface area contributed by atoms with E-state index in [1.807, 2.05) is 42.5 Å². The van der Waals surface area contributed by atoms with Crippen LogP contribution in [0.15, 0.2) is 59.3 Å². The minimum Gasteiger partial charge on any atom is -0.493 e. The fourth-order valence-corrected chi connectivity index (χ4v) is 3.45. The zero-order valence-corrected chi connectivity index (χ0v) is 14.4. The van der Waals surface area contributed by atoms with Gasteiger partial charge in [0.1, 0.15) is 5.75 Å². The predicted molar refractivity (Wildman–Crippen MR) is 97.4 cm³/mol. The molecule has 1 aliphatic rings. The molecule has 1 aliphatic heterocycles. The highest BCUT2D eigenvalue weighted by Gasteiger charge is 2.28. The molecule has 0 spiro atoms. The summed E-state index contributed by atoms with van der Waals surface area (Å²) in [4.78, 5) is 17.1. The van der Waals surface area contributed by atoms with E-state index in [0.717, 1.165) is 32.2 Å². The van der Waals surface area contributed by atoms with Crippen LogP contribution in [0.4, 0.5) is 5.69 Å². The number of nitrogens with one attached hydrogen (secondary N) is 1. The van der Waals surface area contributed by atoms with Crippen LogP contribution in [0.5, 0.6) is 5.75 Å². The van der Waals surface area contributed by atoms with E-state index in [0.29, 0.717) is 13.0 Å². The number of carbonyl (C=O) groups is 1. The van der Waals surface area contributed by atoms with Gasteiger partial charge in [0.2, 0.25) is 5.91 Å². The Hall–Kier alpha value is -2.40. The van der Waals surface area contributed by atoms with Crippen LogP contribution < -0.4 is 10.1 Å². The summed E-state index contributed by atoms with van der Waals surface area (Å²) in [6, 6.07) is 13.7. The number of hydrogen-bond acceptors (Lipinski definition) is 3. The minimum absolute atomic E-state index is 0.0317. The molecule has 24 heavy (non-hydrogen) atoms. The molecule has 1 unspecified atom stereocenters. The molecule has 2 heterocycles. The number of anilines is 1. The Labute approximate surface area is 148 Å². The van der Waals surface area contributed by atoms with Crippen molar-refractivity contribution in [3.05, 3.63) is 64.9 Å². The first-order valence-electron chi connectivity index (χ1n) is 7.78. The number of benzene rings is 2. The van der Waals surface area contributed by atoms with Crippen LogP contribution in [0.1, 0.15) is 17.9 Å². The summed E-state index contributed by atoms with van der Waals surface area (Å²) in [6.07, 6.45) is 4.15. The molecule has 0 saturated heterocycles. The first-order chi connectivity index (χ1) is 11.7. The molecule has 0 saturated carbocycles. The second-order valence-electron chi connectivity index (χ2n) is 5.77. The number of carbonyl (C=O) groups excluding carboxylic acids is 1. The Bertz CT molecular complexity index is 921. The molecular formula is C19H15BrN2O2. The number of aromatic nitrogens is 1. The summed E-state index contributed by atoms with van der Waals surface area (Å²) < 4.78 is 6.61. The highest BCUT2D eigenvalue weighted by atomic mass is 79.9. The van der Waals surface area contributed by atoms with Crippen molar-refractivity contribution in [2.45, 2.75) is 12.3 Å². The monoisotopic (exact) mass is 382 g/mol. The van der Waals surface area contributed by atoms with Crippen LogP contribution in [-0.4, -0.2) is 17.5 Å². The third kappa shape index (κ3) is 2.76. The molecule has 5 heteroatoms. The summed E-state index contributed by atoms with van der Waals surface area (Å²) in [5, 5.41) is 5.04. The number of pyridine rings is 1. The molecule has 0 bridgehead atoms. The van der Waals surface area contributed by atoms with Crippen LogP contribution in [-0.2, 0) is 4.79 Å². The van der Waals surface area contributed by atoms with Crippen LogP contribution in [0.25, 0.3) is 10.8 Å². The first kappa shape index (κ1) is 15.1. The molecular weight excluding hydrogens is 368 g/mol. The van der Waals surface area contributed by atoms with Gasteiger partial charge >= 0.3 is 0 Å². The molecule has 4 nitrogen and oxygen atoms in total. The van der Waals surface area contributed by atoms with E-state index >= 15 is 0 Å². The molecule has 1 aromatic heterocycles. The Balaban J connectivity index is 1.67. The number of hydrogen-bond donors (Lipinski definition) is 1. The van der Waals surface area contributed by atoms with Gasteiger partial charge in [-0.15, -0.1) is 0 Å². The maximum Gasteiger partial charge on any atom is 0.232 e. The average Bonchev–Trinajstić information content (AvgIpc) is 2.61. The van der Waals surface area contributed by atoms with Gasteiger partial charge in [0, 0.05) is 27.0 Å². The molecule has 1 N–H and O–H groups in total. The third-order valence-corrected chi connectivity index (χ3v) is 4.75. The van der Waals surface area contributed by atoms with Crippen LogP contribution in [0.2, 0.25) is 0 Å². The Kier molecular flexibility index (Phi) is 3.94. The summed E-state index contributed by atoms with van der Waals surface area (Å²) >= 11 is 3.47. The van der Waals surface area contributed by atoms with Crippen molar-refractivity contribution in [3.63, 3.8) is 0 Å². The van der Waals surface area contributed by atoms with E-state index in [1.54, 1.807) is 12.4 Å². The second-order valence-corrected chi connectivity index (χ2v) is 6.68. The average molecular weight is 383 g/mol. The van der Waals surface area contributed by atoms with E-state index < -0.39 is 0 Å². The lowest BCUT2D eigenvalue weighted by molar-refractivity contribution is -0.118. The van der Waals surface area contributed by atoms with Gasteiger partial charge in [-0.1, -0.05) is 40.2 Å². The van der Waals surface area contributed by atoms with Gasteiger partial charge in [0.25, 0.3) is 0 Å². The number of nitrogens with zero attached hydrogens (tertiary/aromatic N) is 1. The van der Waals surface area contributed by atoms with Gasteiger partial charge in [-0.25, -0.2) is 0 Å². The summed E-state index contributed by atoms with van der Waals surface area (Å²) in [5.74, 6) is 0.515. The number of amides is 1. The summed E-state index contributed by atoms with van der Waals surface area (Å²) in [5.41, 5.74) is 1.66. The Morgan fingerprint density at radius 2 is 2.08 bits per heavy atom. The van der Waals surface area contributed by atoms with E-state index in [2.05, 4.69) is 26.2 Å². The van der Waals surface area contributed by atoms with E-state index in [1.165, 1.54) is 0 Å². The van der Waals surface area contributed by atoms with E-state index in [9.17, 15) is 4.79 Å². The van der Waals surface area contributed by atoms with Crippen molar-refractivity contribution < 1.29 is 9.53 Å². The number of ether oxygens (including phenoxy) is 1. The zero-order chi connectivity index (χ0) is 16.5. The lowest BCUT2D eigenvalue weighted by Gasteiger charge is -2.25. The standard InChI is InChI=1S/C19H15BrN2O2/c20-13-5-6-18-16(9-13)15(7-8-24-18)19(23)22-17-11-21-10-12-3-1-2-4-14(12)17/h1-6,9-11,15H,7-8H2,(H,22,23). The Morgan fingerprint density at radius 3 is 3.00 bits per heavy atom. The fourth-order valence-electron chi connectivity index (χ4n) is 3.07. The van der Waals surface area contributed by atoms with Crippen LogP contribution >= 0.6 is 15.9 Å². The quantitative estimate of drug-likeness (QED) is 0.709. The van der Waals surface area contributed by atoms with Gasteiger partial charge in [-0.3, -0.25) is 9.78 Å². The van der Waals surface area contributed by atoms with Crippen molar-refractivity contribution in [2.24, 2.45) is 0 Å². The third-order valence-electron chi connectivity index (χ3n) is 4.25. The van der Waals surface area contributed by atoms with Crippen molar-refractivity contribution in [3.8, 4) is 5.75 Å². The van der Waals surface area contributed by atoms with Crippen molar-refractivity contribution in [1.29, 1.82) is 0 Å². The lowest BCUT2D eigenvalue weighted by atomic mass is 9.92. The van der Waals surface area contributed by atoms with Gasteiger partial charge < -0.3 is 10.1 Å². The second kappa shape index (κ2) is 6.24. The topological polar surface area (TPSA) is 51.2 Å². The molecule has 3 aromatic rings. The highest BCUT2D eigenvalue weighted by molar-refractivity contribution is 9.10. The van der Waals surface area contributed by atoms with Gasteiger partial charge in [-0.2, -0.15) is 0 Å². The van der Waals surface area contributed by atoms with Gasteiger partial charge in [-0.05, 0) is 24.6 Å². The summed E-state index contributed by atoms with van der Waals surface area (Å²) in [7, 11) is 0. The van der Waals surface area contributed by atoms with Crippen LogP contribution in [0.3, 0.4) is 0 Å². The van der Waals surface area contributed by atoms with Crippen molar-refractivity contribution >= 4 is 38.3 Å². The fraction of sp³-hybridized carbons (Fsp3) is 0.158. The van der Waals surface area contributed by atoms with Gasteiger partial charge in [0.05, 0.1) is 24.4 Å². The number of halogens is 1. The molecule has 4 rings (SSSR count). The maximum atomic E-state index is 12.9. The van der Waals surface area contributed by atoms with E-state index in [4.69, 9.17) is 4.74 Å². The first-order valence-corrected chi connectivity index (χ1v) is 8.57. The van der Waals surface area contributed by atoms with Crippen molar-refractivity contribution in [2.75, 3.05) is 11.9 Å². The highest BCUT2D eigenvalue weighted by Crippen LogP contribution is 2.36. The summed E-state index contributed by atoms with van der Waals surface area (Å²) in [6.45, 7) is 0.542. The molecule has 0 aliphatic carbocycles. The minimum atomic E-state index is -0.231. The molecule has 120 valence electrons. The molecule has 1 atom stereocenters. The van der Waals surface area contributed by atoms with Crippen molar-refractivity contribution in [1.82, 2.24) is 4.98 Å². The normalized spacial score (nSPS) is 16.3. The molecule has 0 radical (unpaired) electrons. The van der Waals surface area contributed by atoms with Gasteiger partial charge in [0.15, 0.2) is 0 Å². The zero-order valence-electron chi connectivity index (χ0n) is 12.8. The SMILES string of the molecule is O=C(Nc1cncc2ccccc12)C1CCOc2ccc(Br)cc21. The smallest absolute Gasteiger partial charge is 0.232 e.